The van der Waals surface area contributed by atoms with Crippen molar-refractivity contribution < 1.29 is 9.53 Å². The molecular formula is C12H16ClNO2. The van der Waals surface area contributed by atoms with Gasteiger partial charge in [-0.3, -0.25) is 4.79 Å². The molecule has 1 amide bonds. The highest BCUT2D eigenvalue weighted by Crippen LogP contribution is 2.12. The van der Waals surface area contributed by atoms with E-state index in [4.69, 9.17) is 16.3 Å². The Bertz CT molecular complexity index is 355. The largest absolute Gasteiger partial charge is 0.497 e. The zero-order chi connectivity index (χ0) is 12.0. The predicted octanol–water partition coefficient (Wildman–Crippen LogP) is 2.44. The number of ether oxygens (including phenoxy) is 1. The first-order valence-electron chi connectivity index (χ1n) is 5.23. The molecule has 0 radical (unpaired) electrons. The van der Waals surface area contributed by atoms with Gasteiger partial charge in [0.2, 0.25) is 0 Å². The molecule has 0 aliphatic carbocycles. The maximum atomic E-state index is 11.7. The second kappa shape index (κ2) is 6.38. The normalized spacial score (nSPS) is 11.9. The third kappa shape index (κ3) is 3.74. The number of hydrogen-bond acceptors (Lipinski definition) is 2. The lowest BCUT2D eigenvalue weighted by molar-refractivity contribution is 0.0953. The molecule has 1 unspecified atom stereocenters. The van der Waals surface area contributed by atoms with Crippen LogP contribution in [0.2, 0.25) is 0 Å². The van der Waals surface area contributed by atoms with Crippen LogP contribution in [0.4, 0.5) is 0 Å². The molecule has 16 heavy (non-hydrogen) atoms. The summed E-state index contributed by atoms with van der Waals surface area (Å²) in [6, 6.07) is 7.02. The Hall–Kier alpha value is -1.22. The van der Waals surface area contributed by atoms with Gasteiger partial charge in [-0.15, -0.1) is 11.6 Å². The van der Waals surface area contributed by atoms with Crippen molar-refractivity contribution in [1.29, 1.82) is 0 Å². The quantitative estimate of drug-likeness (QED) is 0.805. The lowest BCUT2D eigenvalue weighted by Crippen LogP contribution is -2.29. The molecule has 88 valence electrons. The predicted molar refractivity (Wildman–Crippen MR) is 65.3 cm³/mol. The summed E-state index contributed by atoms with van der Waals surface area (Å²) in [7, 11) is 1.57. The molecule has 3 nitrogen and oxygen atoms in total. The standard InChI is InChI=1S/C12H16ClNO2/c1-3-10(13)8-14-12(15)9-5-4-6-11(7-9)16-2/h4-7,10H,3,8H2,1-2H3,(H,14,15). The maximum Gasteiger partial charge on any atom is 0.251 e. The lowest BCUT2D eigenvalue weighted by atomic mass is 10.2. The summed E-state index contributed by atoms with van der Waals surface area (Å²) >= 11 is 5.92. The third-order valence-corrected chi connectivity index (χ3v) is 2.72. The van der Waals surface area contributed by atoms with Gasteiger partial charge < -0.3 is 10.1 Å². The number of carbonyl (C=O) groups is 1. The molecule has 1 aromatic carbocycles. The van der Waals surface area contributed by atoms with E-state index in [9.17, 15) is 4.79 Å². The fraction of sp³-hybridized carbons (Fsp3) is 0.417. The van der Waals surface area contributed by atoms with Crippen molar-refractivity contribution in [2.45, 2.75) is 18.7 Å². The summed E-state index contributed by atoms with van der Waals surface area (Å²) in [6.07, 6.45) is 0.833. The molecule has 0 spiro atoms. The monoisotopic (exact) mass is 241 g/mol. The van der Waals surface area contributed by atoms with E-state index in [0.29, 0.717) is 17.9 Å². The molecule has 1 N–H and O–H groups in total. The van der Waals surface area contributed by atoms with E-state index in [-0.39, 0.29) is 11.3 Å². The van der Waals surface area contributed by atoms with E-state index in [1.807, 2.05) is 6.92 Å². The van der Waals surface area contributed by atoms with Gasteiger partial charge in [-0.1, -0.05) is 13.0 Å². The number of hydrogen-bond donors (Lipinski definition) is 1. The van der Waals surface area contributed by atoms with Crippen LogP contribution in [0.5, 0.6) is 5.75 Å². The summed E-state index contributed by atoms with van der Waals surface area (Å²) in [5, 5.41) is 2.76. The van der Waals surface area contributed by atoms with Crippen molar-refractivity contribution in [3.8, 4) is 5.75 Å². The van der Waals surface area contributed by atoms with Crippen molar-refractivity contribution in [2.75, 3.05) is 13.7 Å². The highest BCUT2D eigenvalue weighted by atomic mass is 35.5. The Morgan fingerprint density at radius 1 is 1.56 bits per heavy atom. The average molecular weight is 242 g/mol. The number of amides is 1. The number of benzene rings is 1. The number of halogens is 1. The van der Waals surface area contributed by atoms with Gasteiger partial charge in [0.05, 0.1) is 12.5 Å². The first kappa shape index (κ1) is 12.8. The van der Waals surface area contributed by atoms with Crippen molar-refractivity contribution >= 4 is 17.5 Å². The van der Waals surface area contributed by atoms with Crippen LogP contribution in [-0.4, -0.2) is 24.9 Å². The molecule has 0 saturated carbocycles. The molecule has 0 aromatic heterocycles. The number of alkyl halides is 1. The summed E-state index contributed by atoms with van der Waals surface area (Å²) in [5.74, 6) is 0.545. The summed E-state index contributed by atoms with van der Waals surface area (Å²) in [4.78, 5) is 11.7. The highest BCUT2D eigenvalue weighted by Gasteiger charge is 2.08. The fourth-order valence-electron chi connectivity index (χ4n) is 1.21. The van der Waals surface area contributed by atoms with Crippen molar-refractivity contribution in [1.82, 2.24) is 5.32 Å². The molecule has 0 saturated heterocycles. The van der Waals surface area contributed by atoms with E-state index < -0.39 is 0 Å². The van der Waals surface area contributed by atoms with Crippen LogP contribution in [0.3, 0.4) is 0 Å². The maximum absolute atomic E-state index is 11.7. The summed E-state index contributed by atoms with van der Waals surface area (Å²) in [6.45, 7) is 2.46. The topological polar surface area (TPSA) is 38.3 Å². The highest BCUT2D eigenvalue weighted by molar-refractivity contribution is 6.20. The summed E-state index contributed by atoms with van der Waals surface area (Å²) < 4.78 is 5.05. The molecule has 1 aromatic rings. The third-order valence-electron chi connectivity index (χ3n) is 2.26. The average Bonchev–Trinajstić information content (AvgIpc) is 2.35. The Kier molecular flexibility index (Phi) is 5.12. The molecule has 1 rings (SSSR count). The van der Waals surface area contributed by atoms with Crippen molar-refractivity contribution in [2.24, 2.45) is 0 Å². The smallest absolute Gasteiger partial charge is 0.251 e. The van der Waals surface area contributed by atoms with Crippen LogP contribution in [0, 0.1) is 0 Å². The molecule has 0 fully saturated rings. The van der Waals surface area contributed by atoms with Gasteiger partial charge in [0, 0.05) is 12.1 Å². The van der Waals surface area contributed by atoms with Gasteiger partial charge in [-0.25, -0.2) is 0 Å². The molecule has 0 bridgehead atoms. The van der Waals surface area contributed by atoms with Gasteiger partial charge in [0.1, 0.15) is 5.75 Å². The van der Waals surface area contributed by atoms with Gasteiger partial charge in [0.15, 0.2) is 0 Å². The van der Waals surface area contributed by atoms with E-state index in [2.05, 4.69) is 5.32 Å². The Balaban J connectivity index is 2.58. The van der Waals surface area contributed by atoms with Gasteiger partial charge in [-0.05, 0) is 24.6 Å². The Morgan fingerprint density at radius 2 is 2.31 bits per heavy atom. The van der Waals surface area contributed by atoms with E-state index in [1.165, 1.54) is 0 Å². The zero-order valence-electron chi connectivity index (χ0n) is 9.50. The van der Waals surface area contributed by atoms with Crippen LogP contribution in [0.25, 0.3) is 0 Å². The zero-order valence-corrected chi connectivity index (χ0v) is 10.3. The van der Waals surface area contributed by atoms with Gasteiger partial charge >= 0.3 is 0 Å². The molecule has 0 aliphatic heterocycles. The second-order valence-electron chi connectivity index (χ2n) is 3.45. The SMILES string of the molecule is CCC(Cl)CNC(=O)c1cccc(OC)c1. The number of nitrogens with one attached hydrogen (secondary N) is 1. The van der Waals surface area contributed by atoms with Crippen LogP contribution >= 0.6 is 11.6 Å². The van der Waals surface area contributed by atoms with Crippen LogP contribution in [0.15, 0.2) is 24.3 Å². The van der Waals surface area contributed by atoms with Gasteiger partial charge in [0.25, 0.3) is 5.91 Å². The Labute approximate surface area is 101 Å². The van der Waals surface area contributed by atoms with Crippen LogP contribution in [0.1, 0.15) is 23.7 Å². The molecular weight excluding hydrogens is 226 g/mol. The molecule has 1 atom stereocenters. The molecule has 0 heterocycles. The minimum Gasteiger partial charge on any atom is -0.497 e. The molecule has 0 aliphatic rings. The molecule has 4 heteroatoms. The number of methoxy groups -OCH3 is 1. The van der Waals surface area contributed by atoms with E-state index in [0.717, 1.165) is 6.42 Å². The Morgan fingerprint density at radius 3 is 2.94 bits per heavy atom. The van der Waals surface area contributed by atoms with Crippen LogP contribution < -0.4 is 10.1 Å². The fourth-order valence-corrected chi connectivity index (χ4v) is 1.29. The van der Waals surface area contributed by atoms with E-state index in [1.54, 1.807) is 31.4 Å². The first-order chi connectivity index (χ1) is 7.67. The minimum atomic E-state index is -0.127. The van der Waals surface area contributed by atoms with Gasteiger partial charge in [-0.2, -0.15) is 0 Å². The minimum absolute atomic E-state index is 0.0189. The summed E-state index contributed by atoms with van der Waals surface area (Å²) in [5.41, 5.74) is 0.583. The van der Waals surface area contributed by atoms with E-state index >= 15 is 0 Å². The van der Waals surface area contributed by atoms with Crippen molar-refractivity contribution in [3.05, 3.63) is 29.8 Å². The number of carbonyl (C=O) groups excluding carboxylic acids is 1. The number of rotatable bonds is 5. The first-order valence-corrected chi connectivity index (χ1v) is 5.67. The van der Waals surface area contributed by atoms with Crippen LogP contribution in [-0.2, 0) is 0 Å². The van der Waals surface area contributed by atoms with Crippen molar-refractivity contribution in [3.63, 3.8) is 0 Å². The lowest BCUT2D eigenvalue weighted by Gasteiger charge is -2.09. The second-order valence-corrected chi connectivity index (χ2v) is 4.06.